The summed E-state index contributed by atoms with van der Waals surface area (Å²) in [6.07, 6.45) is 0.0927. The maximum atomic E-state index is 12.4. The third kappa shape index (κ3) is 5.11. The van der Waals surface area contributed by atoms with Crippen molar-refractivity contribution in [3.8, 4) is 5.75 Å². The predicted octanol–water partition coefficient (Wildman–Crippen LogP) is 1.40. The van der Waals surface area contributed by atoms with Gasteiger partial charge in [0.25, 0.3) is 0 Å². The summed E-state index contributed by atoms with van der Waals surface area (Å²) in [5.41, 5.74) is 1.03. The van der Waals surface area contributed by atoms with Crippen molar-refractivity contribution >= 4 is 21.6 Å². The molecule has 0 spiro atoms. The van der Waals surface area contributed by atoms with Gasteiger partial charge in [0.1, 0.15) is 5.75 Å². The van der Waals surface area contributed by atoms with E-state index in [1.165, 1.54) is 7.05 Å². The Hall–Kier alpha value is -1.80. The van der Waals surface area contributed by atoms with Gasteiger partial charge in [-0.25, -0.2) is 8.42 Å². The van der Waals surface area contributed by atoms with Crippen LogP contribution in [0.5, 0.6) is 5.75 Å². The molecule has 0 atom stereocenters. The highest BCUT2D eigenvalue weighted by Gasteiger charge is 2.26. The fraction of sp³-hybridized carbons (Fsp3) is 0.611. The number of anilines is 1. The van der Waals surface area contributed by atoms with Gasteiger partial charge < -0.3 is 14.5 Å². The van der Waals surface area contributed by atoms with Crippen molar-refractivity contribution < 1.29 is 17.9 Å². The third-order valence-corrected chi connectivity index (χ3v) is 6.21. The number of piperazine rings is 1. The minimum Gasteiger partial charge on any atom is -0.489 e. The summed E-state index contributed by atoms with van der Waals surface area (Å²) in [7, 11) is -1.89. The maximum absolute atomic E-state index is 12.4. The molecule has 0 aromatic heterocycles. The lowest BCUT2D eigenvalue weighted by molar-refractivity contribution is -0.131. The first-order valence-electron chi connectivity index (χ1n) is 8.97. The molecule has 0 saturated carbocycles. The Kier molecular flexibility index (Phi) is 6.88. The lowest BCUT2D eigenvalue weighted by Gasteiger charge is -2.37. The highest BCUT2D eigenvalue weighted by molar-refractivity contribution is 7.89. The van der Waals surface area contributed by atoms with E-state index in [0.717, 1.165) is 15.7 Å². The largest absolute Gasteiger partial charge is 0.489 e. The maximum Gasteiger partial charge on any atom is 0.238 e. The second-order valence-electron chi connectivity index (χ2n) is 6.66. The molecule has 1 aliphatic heterocycles. The van der Waals surface area contributed by atoms with Crippen LogP contribution in [0.4, 0.5) is 5.69 Å². The summed E-state index contributed by atoms with van der Waals surface area (Å²) in [5.74, 6) is 0.684. The normalized spacial score (nSPS) is 15.6. The van der Waals surface area contributed by atoms with Gasteiger partial charge in [-0.05, 0) is 32.9 Å². The molecule has 7 nitrogen and oxygen atoms in total. The lowest BCUT2D eigenvalue weighted by Crippen LogP contribution is -2.51. The highest BCUT2D eigenvalue weighted by Crippen LogP contribution is 2.29. The molecular weight excluding hydrogens is 354 g/mol. The fourth-order valence-electron chi connectivity index (χ4n) is 2.88. The molecule has 1 heterocycles. The van der Waals surface area contributed by atoms with Crippen molar-refractivity contribution in [2.24, 2.45) is 0 Å². The number of benzene rings is 1. The number of nitrogens with zero attached hydrogens (tertiary/aromatic N) is 3. The molecule has 1 aromatic carbocycles. The number of ether oxygens (including phenoxy) is 1. The van der Waals surface area contributed by atoms with Gasteiger partial charge in [0, 0.05) is 33.2 Å². The van der Waals surface area contributed by atoms with E-state index < -0.39 is 10.0 Å². The zero-order valence-corrected chi connectivity index (χ0v) is 16.8. The summed E-state index contributed by atoms with van der Waals surface area (Å²) in [4.78, 5) is 16.3. The number of hydrogen-bond acceptors (Lipinski definition) is 5. The summed E-state index contributed by atoms with van der Waals surface area (Å²) < 4.78 is 30.6. The first kappa shape index (κ1) is 20.5. The number of hydrogen-bond donors (Lipinski definition) is 0. The molecule has 0 unspecified atom stereocenters. The average molecular weight is 384 g/mol. The Balaban J connectivity index is 1.96. The molecule has 1 aromatic rings. The van der Waals surface area contributed by atoms with Gasteiger partial charge in [-0.2, -0.15) is 4.31 Å². The fourth-order valence-corrected chi connectivity index (χ4v) is 3.63. The molecule has 0 N–H and O–H groups in total. The Labute approximate surface area is 156 Å². The summed E-state index contributed by atoms with van der Waals surface area (Å²) in [6, 6.07) is 7.91. The van der Waals surface area contributed by atoms with E-state index in [4.69, 9.17) is 4.74 Å². The van der Waals surface area contributed by atoms with Crippen LogP contribution in [0.1, 0.15) is 20.8 Å². The average Bonchev–Trinajstić information content (AvgIpc) is 2.61. The number of carbonyl (C=O) groups excluding carboxylic acids is 1. The Morgan fingerprint density at radius 3 is 2.38 bits per heavy atom. The molecule has 0 aliphatic carbocycles. The molecule has 0 radical (unpaired) electrons. The van der Waals surface area contributed by atoms with Crippen LogP contribution in [-0.2, 0) is 14.8 Å². The third-order valence-electron chi connectivity index (χ3n) is 4.40. The summed E-state index contributed by atoms with van der Waals surface area (Å²) in [5, 5.41) is 0. The molecular formula is C18H29N3O4S. The quantitative estimate of drug-likeness (QED) is 0.712. The van der Waals surface area contributed by atoms with Crippen LogP contribution >= 0.6 is 0 Å². The van der Waals surface area contributed by atoms with Crippen LogP contribution in [0.25, 0.3) is 0 Å². The Morgan fingerprint density at radius 2 is 1.81 bits per heavy atom. The van der Waals surface area contributed by atoms with Gasteiger partial charge in [-0.15, -0.1) is 0 Å². The molecule has 146 valence electrons. The van der Waals surface area contributed by atoms with Crippen LogP contribution < -0.4 is 9.64 Å². The van der Waals surface area contributed by atoms with Gasteiger partial charge in [0.15, 0.2) is 0 Å². The number of sulfonamides is 1. The van der Waals surface area contributed by atoms with Crippen LogP contribution in [0.3, 0.4) is 0 Å². The number of carbonyl (C=O) groups is 1. The number of likely N-dealkylation sites (N-methyl/N-ethyl adjacent to an activating group) is 1. The monoisotopic (exact) mass is 383 g/mol. The lowest BCUT2D eigenvalue weighted by atomic mass is 10.2. The molecule has 1 amide bonds. The first-order valence-corrected chi connectivity index (χ1v) is 10.6. The number of amides is 1. The topological polar surface area (TPSA) is 70.2 Å². The van der Waals surface area contributed by atoms with Gasteiger partial charge >= 0.3 is 0 Å². The Morgan fingerprint density at radius 1 is 1.19 bits per heavy atom. The van der Waals surface area contributed by atoms with Gasteiger partial charge in [-0.1, -0.05) is 12.1 Å². The van der Waals surface area contributed by atoms with Gasteiger partial charge in [-0.3, -0.25) is 4.79 Å². The van der Waals surface area contributed by atoms with Gasteiger partial charge in [0.05, 0.1) is 24.1 Å². The Bertz CT molecular complexity index is 713. The molecule has 1 fully saturated rings. The van der Waals surface area contributed by atoms with Crippen molar-refractivity contribution in [2.75, 3.05) is 50.4 Å². The van der Waals surface area contributed by atoms with E-state index in [2.05, 4.69) is 4.90 Å². The highest BCUT2D eigenvalue weighted by atomic mass is 32.2. The molecule has 1 aliphatic rings. The minimum atomic E-state index is -3.34. The van der Waals surface area contributed by atoms with Gasteiger partial charge in [0.2, 0.25) is 15.9 Å². The second-order valence-corrected chi connectivity index (χ2v) is 9.02. The molecule has 1 saturated heterocycles. The van der Waals surface area contributed by atoms with Crippen molar-refractivity contribution in [1.29, 1.82) is 0 Å². The molecule has 0 bridgehead atoms. The SMILES string of the molecule is CCS(=O)(=O)N(C)CC(=O)N1CCN(c2ccccc2OC(C)C)CC1. The van der Waals surface area contributed by atoms with E-state index in [1.807, 2.05) is 38.1 Å². The van der Waals surface area contributed by atoms with E-state index >= 15 is 0 Å². The van der Waals surface area contributed by atoms with Crippen LogP contribution in [0.2, 0.25) is 0 Å². The van der Waals surface area contributed by atoms with Crippen molar-refractivity contribution in [3.05, 3.63) is 24.3 Å². The molecule has 8 heteroatoms. The van der Waals surface area contributed by atoms with Crippen LogP contribution in [-0.4, -0.2) is 75.2 Å². The number of rotatable bonds is 7. The predicted molar refractivity (Wildman–Crippen MR) is 103 cm³/mol. The summed E-state index contributed by atoms with van der Waals surface area (Å²) >= 11 is 0. The smallest absolute Gasteiger partial charge is 0.238 e. The van der Waals surface area contributed by atoms with E-state index in [9.17, 15) is 13.2 Å². The van der Waals surface area contributed by atoms with E-state index in [0.29, 0.717) is 26.2 Å². The zero-order valence-electron chi connectivity index (χ0n) is 16.0. The number of para-hydroxylation sites is 2. The van der Waals surface area contributed by atoms with E-state index in [-0.39, 0.29) is 24.3 Å². The van der Waals surface area contributed by atoms with Crippen LogP contribution in [0, 0.1) is 0 Å². The molecule has 26 heavy (non-hydrogen) atoms. The minimum absolute atomic E-state index is 0.00278. The second kappa shape index (κ2) is 8.73. The van der Waals surface area contributed by atoms with Crippen molar-refractivity contribution in [3.63, 3.8) is 0 Å². The molecule has 2 rings (SSSR count). The standard InChI is InChI=1S/C18H29N3O4S/c1-5-26(23,24)19(4)14-18(22)21-12-10-20(11-13-21)16-8-6-7-9-17(16)25-15(2)3/h6-9,15H,5,10-14H2,1-4H3. The first-order chi connectivity index (χ1) is 12.2. The van der Waals surface area contributed by atoms with Crippen molar-refractivity contribution in [1.82, 2.24) is 9.21 Å². The van der Waals surface area contributed by atoms with Crippen LogP contribution in [0.15, 0.2) is 24.3 Å². The van der Waals surface area contributed by atoms with Crippen molar-refractivity contribution in [2.45, 2.75) is 26.9 Å². The summed E-state index contributed by atoms with van der Waals surface area (Å²) in [6.45, 7) is 7.96. The zero-order chi connectivity index (χ0) is 19.3. The van der Waals surface area contributed by atoms with E-state index in [1.54, 1.807) is 11.8 Å².